The van der Waals surface area contributed by atoms with Gasteiger partial charge in [0.05, 0.1) is 35.0 Å². The first kappa shape index (κ1) is 31.9. The molecule has 0 saturated carbocycles. The molecule has 0 saturated heterocycles. The predicted molar refractivity (Wildman–Crippen MR) is 209 cm³/mol. The van der Waals surface area contributed by atoms with E-state index in [4.69, 9.17) is 0 Å². The highest BCUT2D eigenvalue weighted by Gasteiger charge is 2.34. The van der Waals surface area contributed by atoms with Crippen molar-refractivity contribution in [2.75, 3.05) is 4.90 Å². The van der Waals surface area contributed by atoms with Gasteiger partial charge < -0.3 is 10.2 Å². The second kappa shape index (κ2) is 12.8. The van der Waals surface area contributed by atoms with E-state index in [1.807, 2.05) is 42.5 Å². The smallest absolute Gasteiger partial charge is 0.0991 e. The molecule has 0 aliphatic heterocycles. The first-order valence-electron chi connectivity index (χ1n) is 17.5. The molecular formula is C47H38N4. The number of rotatable bonds is 8. The standard InChI is InChI=1S/C47H38N4/c1-31-12-20-38(21-13-31)51(39-22-14-32(29-48)15-23-39)43-27-19-35-16-24-40-42(26-18-34-17-25-41(43)45(35)44(34)40)50-46(36-9-5-4-6-10-36)47(2,3)37-11-7-8-33(28-37)30-49/h4-17,19-25,27-28,46,50H,18,26H2,1-3H3. The SMILES string of the molecule is Cc1ccc(N(c2ccc(C#N)cc2)c2ccc3ccc4c5c(ccc2c35)CCC=4NC(c2ccccc2)C(C)(C)c2cccc(C#N)c2)cc1. The van der Waals surface area contributed by atoms with Gasteiger partial charge in [0, 0.05) is 33.1 Å². The lowest BCUT2D eigenvalue weighted by atomic mass is 9.74. The highest BCUT2D eigenvalue weighted by molar-refractivity contribution is 6.17. The quantitative estimate of drug-likeness (QED) is 0.177. The Morgan fingerprint density at radius 3 is 2.10 bits per heavy atom. The van der Waals surface area contributed by atoms with Crippen molar-refractivity contribution in [3.63, 3.8) is 0 Å². The molecule has 8 rings (SSSR count). The number of nitrogens with zero attached hydrogens (tertiary/aromatic N) is 3. The average Bonchev–Trinajstić information content (AvgIpc) is 3.18. The summed E-state index contributed by atoms with van der Waals surface area (Å²) in [6, 6.07) is 53.4. The third kappa shape index (κ3) is 5.66. The maximum atomic E-state index is 9.72. The van der Waals surface area contributed by atoms with Gasteiger partial charge in [0.2, 0.25) is 0 Å². The summed E-state index contributed by atoms with van der Waals surface area (Å²) in [4.78, 5) is 2.30. The average molecular weight is 659 g/mol. The van der Waals surface area contributed by atoms with Crippen LogP contribution in [0.4, 0.5) is 17.1 Å². The fourth-order valence-electron chi connectivity index (χ4n) is 7.87. The Morgan fingerprint density at radius 1 is 0.667 bits per heavy atom. The number of nitrogens with one attached hydrogen (secondary N) is 1. The van der Waals surface area contributed by atoms with Crippen molar-refractivity contribution < 1.29 is 0 Å². The summed E-state index contributed by atoms with van der Waals surface area (Å²) in [5, 5.41) is 29.6. The van der Waals surface area contributed by atoms with Crippen molar-refractivity contribution in [1.29, 1.82) is 10.5 Å². The number of anilines is 3. The summed E-state index contributed by atoms with van der Waals surface area (Å²) in [5.41, 5.74) is 10.3. The van der Waals surface area contributed by atoms with Crippen LogP contribution in [0.25, 0.3) is 27.2 Å². The second-order valence-electron chi connectivity index (χ2n) is 14.2. The third-order valence-electron chi connectivity index (χ3n) is 10.6. The second-order valence-corrected chi connectivity index (χ2v) is 14.2. The van der Waals surface area contributed by atoms with E-state index in [1.165, 1.54) is 49.2 Å². The molecule has 246 valence electrons. The van der Waals surface area contributed by atoms with Crippen LogP contribution in [0.3, 0.4) is 0 Å². The maximum absolute atomic E-state index is 9.72. The van der Waals surface area contributed by atoms with Gasteiger partial charge in [0.15, 0.2) is 0 Å². The molecule has 51 heavy (non-hydrogen) atoms. The van der Waals surface area contributed by atoms with E-state index in [-0.39, 0.29) is 11.5 Å². The van der Waals surface area contributed by atoms with Crippen molar-refractivity contribution >= 4 is 44.3 Å². The van der Waals surface area contributed by atoms with E-state index in [0.717, 1.165) is 35.5 Å². The molecule has 0 aromatic heterocycles. The van der Waals surface area contributed by atoms with Gasteiger partial charge in [-0.05, 0) is 107 Å². The summed E-state index contributed by atoms with van der Waals surface area (Å²) in [5.74, 6) is 0. The molecule has 1 aliphatic carbocycles. The zero-order valence-electron chi connectivity index (χ0n) is 29.1. The summed E-state index contributed by atoms with van der Waals surface area (Å²) in [7, 11) is 0. The van der Waals surface area contributed by atoms with Crippen LogP contribution in [0, 0.1) is 29.6 Å². The van der Waals surface area contributed by atoms with E-state index in [1.54, 1.807) is 0 Å². The molecule has 0 radical (unpaired) electrons. The first-order chi connectivity index (χ1) is 24.9. The van der Waals surface area contributed by atoms with Crippen LogP contribution in [-0.2, 0) is 11.8 Å². The van der Waals surface area contributed by atoms with Gasteiger partial charge in [-0.1, -0.05) is 104 Å². The van der Waals surface area contributed by atoms with E-state index in [0.29, 0.717) is 11.1 Å². The predicted octanol–water partition coefficient (Wildman–Crippen LogP) is 10.6. The lowest BCUT2D eigenvalue weighted by molar-refractivity contribution is 0.380. The number of benzene rings is 7. The minimum absolute atomic E-state index is 0.0366. The molecule has 4 heteroatoms. The van der Waals surface area contributed by atoms with Crippen LogP contribution in [0.2, 0.25) is 0 Å². The first-order valence-corrected chi connectivity index (χ1v) is 17.5. The highest BCUT2D eigenvalue weighted by Crippen LogP contribution is 2.43. The van der Waals surface area contributed by atoms with Gasteiger partial charge in [-0.15, -0.1) is 0 Å². The molecule has 1 atom stereocenters. The molecule has 7 aromatic rings. The molecule has 0 amide bonds. The van der Waals surface area contributed by atoms with Crippen molar-refractivity contribution in [1.82, 2.24) is 5.32 Å². The van der Waals surface area contributed by atoms with Crippen molar-refractivity contribution in [3.05, 3.63) is 178 Å². The largest absolute Gasteiger partial charge is 0.380 e. The monoisotopic (exact) mass is 658 g/mol. The Labute approximate surface area is 299 Å². The Balaban J connectivity index is 1.32. The molecule has 1 N–H and O–H groups in total. The maximum Gasteiger partial charge on any atom is 0.0991 e. The number of aryl methyl sites for hydroxylation is 2. The topological polar surface area (TPSA) is 62.9 Å². The molecular weight excluding hydrogens is 621 g/mol. The highest BCUT2D eigenvalue weighted by atomic mass is 15.1. The van der Waals surface area contributed by atoms with E-state index < -0.39 is 0 Å². The van der Waals surface area contributed by atoms with Crippen molar-refractivity contribution in [2.24, 2.45) is 0 Å². The van der Waals surface area contributed by atoms with E-state index >= 15 is 0 Å². The van der Waals surface area contributed by atoms with Gasteiger partial charge in [-0.25, -0.2) is 0 Å². The molecule has 4 nitrogen and oxygen atoms in total. The van der Waals surface area contributed by atoms with Crippen molar-refractivity contribution in [3.8, 4) is 12.1 Å². The molecule has 0 bridgehead atoms. The third-order valence-corrected chi connectivity index (χ3v) is 10.6. The van der Waals surface area contributed by atoms with Gasteiger partial charge in [0.25, 0.3) is 0 Å². The summed E-state index contributed by atoms with van der Waals surface area (Å²) < 4.78 is 0. The van der Waals surface area contributed by atoms with Gasteiger partial charge >= 0.3 is 0 Å². The molecule has 0 fully saturated rings. The fraction of sp³-hybridized carbons (Fsp3) is 0.149. The zero-order chi connectivity index (χ0) is 35.1. The number of hydrogen-bond acceptors (Lipinski definition) is 4. The molecule has 1 unspecified atom stereocenters. The van der Waals surface area contributed by atoms with Crippen LogP contribution >= 0.6 is 0 Å². The van der Waals surface area contributed by atoms with Gasteiger partial charge in [-0.3, -0.25) is 0 Å². The zero-order valence-corrected chi connectivity index (χ0v) is 29.1. The van der Waals surface area contributed by atoms with E-state index in [9.17, 15) is 10.5 Å². The number of hydrogen-bond donors (Lipinski definition) is 1. The Bertz CT molecular complexity index is 2550. The molecule has 0 spiro atoms. The Hall–Kier alpha value is -6.36. The van der Waals surface area contributed by atoms with Crippen LogP contribution in [0.1, 0.15) is 59.7 Å². The minimum Gasteiger partial charge on any atom is -0.380 e. The summed E-state index contributed by atoms with van der Waals surface area (Å²) in [6.07, 6.45) is 1.85. The summed E-state index contributed by atoms with van der Waals surface area (Å²) >= 11 is 0. The minimum atomic E-state index is -0.326. The van der Waals surface area contributed by atoms with Gasteiger partial charge in [0.1, 0.15) is 0 Å². The van der Waals surface area contributed by atoms with Gasteiger partial charge in [-0.2, -0.15) is 10.5 Å². The van der Waals surface area contributed by atoms with Crippen LogP contribution in [0.5, 0.6) is 0 Å². The van der Waals surface area contributed by atoms with Crippen LogP contribution in [-0.4, -0.2) is 0 Å². The lowest BCUT2D eigenvalue weighted by Gasteiger charge is -2.38. The normalized spacial score (nSPS) is 13.1. The van der Waals surface area contributed by atoms with E-state index in [2.05, 4.69) is 140 Å². The van der Waals surface area contributed by atoms with Crippen LogP contribution < -0.4 is 15.4 Å². The molecule has 1 aliphatic rings. The molecule has 0 heterocycles. The molecule has 7 aromatic carbocycles. The van der Waals surface area contributed by atoms with Crippen LogP contribution in [0.15, 0.2) is 140 Å². The summed E-state index contributed by atoms with van der Waals surface area (Å²) in [6.45, 7) is 6.65. The van der Waals surface area contributed by atoms with Crippen molar-refractivity contribution in [2.45, 2.75) is 45.1 Å². The fourth-order valence-corrected chi connectivity index (χ4v) is 7.87. The lowest BCUT2D eigenvalue weighted by Crippen LogP contribution is -2.39. The Kier molecular flexibility index (Phi) is 8.02. The Morgan fingerprint density at radius 2 is 1.37 bits per heavy atom. The number of nitriles is 2.